The maximum absolute atomic E-state index is 13.0. The second kappa shape index (κ2) is 9.26. The van der Waals surface area contributed by atoms with Crippen molar-refractivity contribution in [3.8, 4) is 28.3 Å². The number of aryl methyl sites for hydroxylation is 1. The number of methoxy groups -OCH3 is 1. The van der Waals surface area contributed by atoms with Crippen LogP contribution in [0.5, 0.6) is 5.75 Å². The topological polar surface area (TPSA) is 64.4 Å². The van der Waals surface area contributed by atoms with E-state index in [1.165, 1.54) is 0 Å². The Bertz CT molecular complexity index is 1280. The van der Waals surface area contributed by atoms with Crippen molar-refractivity contribution in [2.45, 2.75) is 32.7 Å². The molecule has 5 rings (SSSR count). The molecule has 0 radical (unpaired) electrons. The third-order valence-corrected chi connectivity index (χ3v) is 7.04. The minimum atomic E-state index is -0.0586. The number of amides is 1. The van der Waals surface area contributed by atoms with Gasteiger partial charge in [0, 0.05) is 48.4 Å². The van der Waals surface area contributed by atoms with Crippen LogP contribution < -0.4 is 10.3 Å². The molecule has 1 unspecified atom stereocenters. The first-order chi connectivity index (χ1) is 16.4. The van der Waals surface area contributed by atoms with Gasteiger partial charge in [-0.2, -0.15) is 0 Å². The number of ether oxygens (including phenoxy) is 1. The van der Waals surface area contributed by atoms with Gasteiger partial charge in [0.05, 0.1) is 12.1 Å². The average molecular weight is 478 g/mol. The Kier molecular flexibility index (Phi) is 6.17. The van der Waals surface area contributed by atoms with E-state index < -0.39 is 0 Å². The lowest BCUT2D eigenvalue weighted by Gasteiger charge is -2.19. The molecule has 7 heteroatoms. The quantitative estimate of drug-likeness (QED) is 0.511. The van der Waals surface area contributed by atoms with Crippen LogP contribution in [-0.4, -0.2) is 40.6 Å². The van der Waals surface area contributed by atoms with Crippen LogP contribution in [0.25, 0.3) is 22.5 Å². The van der Waals surface area contributed by atoms with Gasteiger partial charge in [-0.1, -0.05) is 35.9 Å². The second-order valence-corrected chi connectivity index (χ2v) is 9.71. The first-order valence-corrected chi connectivity index (χ1v) is 12.1. The number of rotatable bonds is 6. The third kappa shape index (κ3) is 4.60. The Morgan fingerprint density at radius 2 is 1.82 bits per heavy atom. The largest absolute Gasteiger partial charge is 0.497 e. The van der Waals surface area contributed by atoms with Crippen LogP contribution in [-0.2, 0) is 11.3 Å². The molecule has 34 heavy (non-hydrogen) atoms. The maximum atomic E-state index is 13.0. The Labute approximate surface area is 204 Å². The summed E-state index contributed by atoms with van der Waals surface area (Å²) in [6, 6.07) is 15.1. The molecular formula is C27H28ClN3O3. The molecule has 176 valence electrons. The van der Waals surface area contributed by atoms with E-state index in [0.29, 0.717) is 35.4 Å². The number of nitrogens with zero attached hydrogens (tertiary/aromatic N) is 3. The van der Waals surface area contributed by atoms with Crippen LogP contribution in [0, 0.1) is 18.8 Å². The van der Waals surface area contributed by atoms with E-state index in [4.69, 9.17) is 21.3 Å². The van der Waals surface area contributed by atoms with E-state index in [-0.39, 0.29) is 23.3 Å². The predicted molar refractivity (Wildman–Crippen MR) is 133 cm³/mol. The smallest absolute Gasteiger partial charge is 0.253 e. The molecule has 0 spiro atoms. The van der Waals surface area contributed by atoms with E-state index >= 15 is 0 Å². The Balaban J connectivity index is 1.40. The minimum Gasteiger partial charge on any atom is -0.497 e. The molecule has 6 nitrogen and oxygen atoms in total. The van der Waals surface area contributed by atoms with E-state index in [2.05, 4.69) is 0 Å². The summed E-state index contributed by atoms with van der Waals surface area (Å²) in [5.41, 5.74) is 3.39. The monoisotopic (exact) mass is 477 g/mol. The van der Waals surface area contributed by atoms with Gasteiger partial charge in [0.15, 0.2) is 0 Å². The number of hydrogen-bond acceptors (Lipinski definition) is 4. The second-order valence-electron chi connectivity index (χ2n) is 9.31. The molecule has 1 aromatic heterocycles. The normalized spacial score (nSPS) is 17.7. The zero-order chi connectivity index (χ0) is 23.8. The average Bonchev–Trinajstić information content (AvgIpc) is 3.58. The summed E-state index contributed by atoms with van der Waals surface area (Å²) in [6.07, 6.45) is 2.94. The van der Waals surface area contributed by atoms with Gasteiger partial charge in [0.25, 0.3) is 5.56 Å². The van der Waals surface area contributed by atoms with E-state index in [1.54, 1.807) is 23.8 Å². The van der Waals surface area contributed by atoms with Crippen molar-refractivity contribution >= 4 is 17.5 Å². The molecule has 1 saturated carbocycles. The summed E-state index contributed by atoms with van der Waals surface area (Å²) in [6.45, 7) is 3.89. The Morgan fingerprint density at radius 3 is 2.50 bits per heavy atom. The van der Waals surface area contributed by atoms with Gasteiger partial charge in [0.2, 0.25) is 5.91 Å². The van der Waals surface area contributed by atoms with Crippen molar-refractivity contribution in [3.63, 3.8) is 0 Å². The summed E-state index contributed by atoms with van der Waals surface area (Å²) in [7, 11) is 1.61. The lowest BCUT2D eigenvalue weighted by atomic mass is 10.0. The molecular weight excluding hydrogens is 450 g/mol. The summed E-state index contributed by atoms with van der Waals surface area (Å²) in [5.74, 6) is 2.13. The van der Waals surface area contributed by atoms with Crippen molar-refractivity contribution in [3.05, 3.63) is 69.6 Å². The molecule has 1 atom stereocenters. The highest BCUT2D eigenvalue weighted by Crippen LogP contribution is 2.34. The fourth-order valence-corrected chi connectivity index (χ4v) is 4.98. The number of carbonyl (C=O) groups excluding carboxylic acids is 1. The molecule has 1 saturated heterocycles. The van der Waals surface area contributed by atoms with E-state index in [0.717, 1.165) is 42.5 Å². The standard InChI is InChI=1S/C27H28ClN3O3/c1-17-13-25(32)31(16-18-11-12-30(15-18)27(33)21-7-8-21)26(29-17)20-5-3-19(4-6-20)23-10-9-22(34-2)14-24(23)28/h3-6,9-10,13-14,18,21H,7-8,11-12,15-16H2,1-2H3. The summed E-state index contributed by atoms with van der Waals surface area (Å²) >= 11 is 6.45. The minimum absolute atomic E-state index is 0.0586. The zero-order valence-corrected chi connectivity index (χ0v) is 20.2. The van der Waals surface area contributed by atoms with E-state index in [9.17, 15) is 9.59 Å². The van der Waals surface area contributed by atoms with Crippen molar-refractivity contribution in [1.29, 1.82) is 0 Å². The highest BCUT2D eigenvalue weighted by Gasteiger charge is 2.36. The highest BCUT2D eigenvalue weighted by molar-refractivity contribution is 6.33. The molecule has 2 aromatic carbocycles. The third-order valence-electron chi connectivity index (χ3n) is 6.73. The summed E-state index contributed by atoms with van der Waals surface area (Å²) in [4.78, 5) is 32.1. The number of hydrogen-bond donors (Lipinski definition) is 0. The number of benzene rings is 2. The molecule has 1 aliphatic heterocycles. The van der Waals surface area contributed by atoms with Gasteiger partial charge in [-0.3, -0.25) is 14.2 Å². The van der Waals surface area contributed by atoms with E-state index in [1.807, 2.05) is 48.2 Å². The molecule has 0 bridgehead atoms. The zero-order valence-electron chi connectivity index (χ0n) is 19.5. The van der Waals surface area contributed by atoms with Gasteiger partial charge >= 0.3 is 0 Å². The molecule has 2 aliphatic rings. The number of likely N-dealkylation sites (tertiary alicyclic amines) is 1. The van der Waals surface area contributed by atoms with Crippen molar-refractivity contribution in [1.82, 2.24) is 14.5 Å². The van der Waals surface area contributed by atoms with Crippen LogP contribution in [0.15, 0.2) is 53.3 Å². The summed E-state index contributed by atoms with van der Waals surface area (Å²) < 4.78 is 7.00. The molecule has 0 N–H and O–H groups in total. The van der Waals surface area contributed by atoms with Gasteiger partial charge in [-0.25, -0.2) is 4.98 Å². The lowest BCUT2D eigenvalue weighted by Crippen LogP contribution is -2.32. The van der Waals surface area contributed by atoms with Crippen molar-refractivity contribution in [2.24, 2.45) is 11.8 Å². The number of carbonyl (C=O) groups is 1. The fraction of sp³-hybridized carbons (Fsp3) is 0.370. The van der Waals surface area contributed by atoms with Crippen LogP contribution in [0.4, 0.5) is 0 Å². The van der Waals surface area contributed by atoms with Gasteiger partial charge in [-0.05, 0) is 55.9 Å². The van der Waals surface area contributed by atoms with Crippen molar-refractivity contribution < 1.29 is 9.53 Å². The lowest BCUT2D eigenvalue weighted by molar-refractivity contribution is -0.131. The molecule has 2 heterocycles. The predicted octanol–water partition coefficient (Wildman–Crippen LogP) is 4.81. The Morgan fingerprint density at radius 1 is 1.09 bits per heavy atom. The highest BCUT2D eigenvalue weighted by atomic mass is 35.5. The molecule has 2 fully saturated rings. The van der Waals surface area contributed by atoms with Gasteiger partial charge in [-0.15, -0.1) is 0 Å². The van der Waals surface area contributed by atoms with Crippen LogP contribution >= 0.6 is 11.6 Å². The van der Waals surface area contributed by atoms with Crippen LogP contribution in [0.2, 0.25) is 5.02 Å². The fourth-order valence-electron chi connectivity index (χ4n) is 4.70. The van der Waals surface area contributed by atoms with Crippen LogP contribution in [0.3, 0.4) is 0 Å². The van der Waals surface area contributed by atoms with Gasteiger partial charge in [0.1, 0.15) is 11.6 Å². The summed E-state index contributed by atoms with van der Waals surface area (Å²) in [5, 5.41) is 0.615. The SMILES string of the molecule is COc1ccc(-c2ccc(-c3nc(C)cc(=O)n3CC3CCN(C(=O)C4CC4)C3)cc2)c(Cl)c1. The van der Waals surface area contributed by atoms with Gasteiger partial charge < -0.3 is 9.64 Å². The number of aromatic nitrogens is 2. The first kappa shape index (κ1) is 22.7. The number of halogens is 1. The molecule has 1 aliphatic carbocycles. The maximum Gasteiger partial charge on any atom is 0.253 e. The van der Waals surface area contributed by atoms with Crippen molar-refractivity contribution in [2.75, 3.05) is 20.2 Å². The molecule has 3 aromatic rings. The molecule has 1 amide bonds. The first-order valence-electron chi connectivity index (χ1n) is 11.7. The Hall–Kier alpha value is -3.12. The van der Waals surface area contributed by atoms with Crippen LogP contribution in [0.1, 0.15) is 25.0 Å².